The van der Waals surface area contributed by atoms with Crippen LogP contribution in [-0.4, -0.2) is 32.9 Å². The molecule has 122 valence electrons. The lowest BCUT2D eigenvalue weighted by atomic mass is 10.1. The van der Waals surface area contributed by atoms with Crippen LogP contribution in [0.2, 0.25) is 0 Å². The van der Waals surface area contributed by atoms with Gasteiger partial charge in [0.1, 0.15) is 0 Å². The second-order valence-electron chi connectivity index (χ2n) is 6.72. The van der Waals surface area contributed by atoms with E-state index in [9.17, 15) is 4.79 Å². The minimum absolute atomic E-state index is 0.347. The number of aromatic nitrogens is 2. The summed E-state index contributed by atoms with van der Waals surface area (Å²) in [7, 11) is 0. The molecule has 2 aromatic rings. The van der Waals surface area contributed by atoms with Crippen LogP contribution in [-0.2, 0) is 4.79 Å². The molecule has 5 heteroatoms. The molecule has 0 spiro atoms. The molecule has 0 N–H and O–H groups in total. The highest BCUT2D eigenvalue weighted by molar-refractivity contribution is 7.10. The fourth-order valence-corrected chi connectivity index (χ4v) is 5.01. The van der Waals surface area contributed by atoms with Crippen LogP contribution in [0.3, 0.4) is 0 Å². The molecule has 0 bridgehead atoms. The number of carbonyl (C=O) groups excluding carboxylic acids is 1. The molecule has 1 saturated heterocycles. The predicted molar refractivity (Wildman–Crippen MR) is 92.6 cm³/mol. The van der Waals surface area contributed by atoms with E-state index in [1.54, 1.807) is 0 Å². The monoisotopic (exact) mass is 329 g/mol. The molecule has 4 rings (SSSR count). The Hall–Kier alpha value is -1.62. The van der Waals surface area contributed by atoms with E-state index in [2.05, 4.69) is 32.8 Å². The molecule has 2 aromatic heterocycles. The Morgan fingerprint density at radius 2 is 2.26 bits per heavy atom. The van der Waals surface area contributed by atoms with Crippen molar-refractivity contribution in [3.63, 3.8) is 0 Å². The molecule has 2 aliphatic heterocycles. The average molecular weight is 329 g/mol. The van der Waals surface area contributed by atoms with Crippen LogP contribution in [0.15, 0.2) is 24.0 Å². The first-order chi connectivity index (χ1) is 11.3. The van der Waals surface area contributed by atoms with Crippen LogP contribution in [0, 0.1) is 0 Å². The van der Waals surface area contributed by atoms with Gasteiger partial charge in [-0.2, -0.15) is 0 Å². The van der Waals surface area contributed by atoms with E-state index >= 15 is 0 Å². The van der Waals surface area contributed by atoms with Crippen molar-refractivity contribution >= 4 is 17.2 Å². The molecular formula is C18H23N3OS. The van der Waals surface area contributed by atoms with E-state index in [0.29, 0.717) is 18.0 Å². The molecule has 1 fully saturated rings. The highest BCUT2D eigenvalue weighted by atomic mass is 32.1. The number of rotatable bonds is 6. The second kappa shape index (κ2) is 6.11. The minimum Gasteiger partial charge on any atom is -0.340 e. The number of likely N-dealkylation sites (tertiary alicyclic amines) is 1. The third-order valence-electron chi connectivity index (χ3n) is 5.28. The third-order valence-corrected chi connectivity index (χ3v) is 6.30. The van der Waals surface area contributed by atoms with Crippen LogP contribution in [0.4, 0.5) is 0 Å². The first-order valence-electron chi connectivity index (χ1n) is 8.65. The van der Waals surface area contributed by atoms with E-state index in [0.717, 1.165) is 25.8 Å². The van der Waals surface area contributed by atoms with Gasteiger partial charge >= 0.3 is 0 Å². The van der Waals surface area contributed by atoms with Gasteiger partial charge in [-0.3, -0.25) is 4.79 Å². The maximum atomic E-state index is 11.8. The molecule has 4 heterocycles. The van der Waals surface area contributed by atoms with Crippen LogP contribution in [0.5, 0.6) is 0 Å². The van der Waals surface area contributed by atoms with E-state index in [1.165, 1.54) is 35.4 Å². The van der Waals surface area contributed by atoms with Gasteiger partial charge < -0.3 is 9.47 Å². The summed E-state index contributed by atoms with van der Waals surface area (Å²) in [4.78, 5) is 19.7. The molecule has 0 saturated carbocycles. The minimum atomic E-state index is 0.347. The van der Waals surface area contributed by atoms with Gasteiger partial charge in [0, 0.05) is 29.4 Å². The molecular weight excluding hydrogens is 306 g/mol. The lowest BCUT2D eigenvalue weighted by Gasteiger charge is -2.21. The summed E-state index contributed by atoms with van der Waals surface area (Å²) < 4.78 is 2.33. The number of nitrogens with zero attached hydrogens (tertiary/aromatic N) is 3. The van der Waals surface area contributed by atoms with Crippen molar-refractivity contribution in [2.45, 2.75) is 57.5 Å². The average Bonchev–Trinajstić information content (AvgIpc) is 3.27. The first-order valence-corrected chi connectivity index (χ1v) is 9.52. The second-order valence-corrected chi connectivity index (χ2v) is 7.67. The molecule has 4 nitrogen and oxygen atoms in total. The Kier molecular flexibility index (Phi) is 3.97. The molecule has 2 atom stereocenters. The Labute approximate surface area is 141 Å². The van der Waals surface area contributed by atoms with Crippen molar-refractivity contribution in [1.29, 1.82) is 0 Å². The molecule has 2 aliphatic rings. The van der Waals surface area contributed by atoms with Crippen molar-refractivity contribution in [2.75, 3.05) is 6.54 Å². The number of carbonyl (C=O) groups is 1. The van der Waals surface area contributed by atoms with Crippen molar-refractivity contribution in [3.8, 4) is 11.3 Å². The third kappa shape index (κ3) is 2.61. The largest absolute Gasteiger partial charge is 0.340 e. The summed E-state index contributed by atoms with van der Waals surface area (Å²) in [6, 6.07) is 3.13. The normalized spacial score (nSPS) is 22.7. The van der Waals surface area contributed by atoms with Crippen molar-refractivity contribution < 1.29 is 4.79 Å². The number of hydrogen-bond acceptors (Lipinski definition) is 3. The van der Waals surface area contributed by atoms with Crippen LogP contribution in [0.1, 0.15) is 56.4 Å². The molecule has 0 radical (unpaired) electrons. The Morgan fingerprint density at radius 1 is 1.35 bits per heavy atom. The Morgan fingerprint density at radius 3 is 3.09 bits per heavy atom. The maximum Gasteiger partial charge on any atom is 0.222 e. The van der Waals surface area contributed by atoms with Crippen LogP contribution >= 0.6 is 11.3 Å². The zero-order valence-electron chi connectivity index (χ0n) is 13.6. The van der Waals surface area contributed by atoms with E-state index in [-0.39, 0.29) is 0 Å². The maximum absolute atomic E-state index is 11.8. The van der Waals surface area contributed by atoms with E-state index in [4.69, 9.17) is 0 Å². The Bertz CT molecular complexity index is 664. The molecule has 1 amide bonds. The summed E-state index contributed by atoms with van der Waals surface area (Å²) in [6.45, 7) is 3.10. The summed E-state index contributed by atoms with van der Waals surface area (Å²) >= 11 is 1.86. The lowest BCUT2D eigenvalue weighted by molar-refractivity contribution is -0.128. The quantitative estimate of drug-likeness (QED) is 0.749. The number of amides is 1. The van der Waals surface area contributed by atoms with E-state index < -0.39 is 0 Å². The fraction of sp³-hybridized carbons (Fsp3) is 0.556. The van der Waals surface area contributed by atoms with Gasteiger partial charge in [-0.15, -0.1) is 11.3 Å². The van der Waals surface area contributed by atoms with E-state index in [1.807, 2.05) is 23.9 Å². The lowest BCUT2D eigenvalue weighted by Crippen LogP contribution is -2.31. The zero-order valence-corrected chi connectivity index (χ0v) is 14.4. The summed E-state index contributed by atoms with van der Waals surface area (Å²) in [5.74, 6) is 0.347. The highest BCUT2D eigenvalue weighted by Crippen LogP contribution is 2.44. The van der Waals surface area contributed by atoms with Gasteiger partial charge in [-0.1, -0.05) is 12.8 Å². The van der Waals surface area contributed by atoms with Crippen LogP contribution in [0.25, 0.3) is 11.3 Å². The van der Waals surface area contributed by atoms with Crippen molar-refractivity contribution in [1.82, 2.24) is 14.5 Å². The summed E-state index contributed by atoms with van der Waals surface area (Å²) in [5, 5.41) is 2.19. The molecule has 1 unspecified atom stereocenters. The number of unbranched alkanes of at least 4 members (excludes halogenated alkanes) is 2. The van der Waals surface area contributed by atoms with Crippen LogP contribution < -0.4 is 0 Å². The first kappa shape index (κ1) is 14.9. The standard InChI is InChI=1S/C18H23N3OS/c1-13-6-7-17(22)20(13)9-4-2-3-5-15-18-14(8-10-23-18)16-11-19-12-21(15)16/h8,10-13,15H,2-7,9H2,1H3/t13?,15-/m1/s1. The molecule has 0 aromatic carbocycles. The topological polar surface area (TPSA) is 38.1 Å². The van der Waals surface area contributed by atoms with Gasteiger partial charge in [0.15, 0.2) is 0 Å². The predicted octanol–water partition coefficient (Wildman–Crippen LogP) is 4.09. The summed E-state index contributed by atoms with van der Waals surface area (Å²) in [5.41, 5.74) is 2.64. The van der Waals surface area contributed by atoms with Gasteiger partial charge in [0.05, 0.1) is 24.3 Å². The zero-order chi connectivity index (χ0) is 15.8. The van der Waals surface area contributed by atoms with Gasteiger partial charge in [-0.25, -0.2) is 4.98 Å². The van der Waals surface area contributed by atoms with Crippen molar-refractivity contribution in [2.24, 2.45) is 0 Å². The number of thiophene rings is 1. The Balaban J connectivity index is 1.29. The highest BCUT2D eigenvalue weighted by Gasteiger charge is 2.29. The van der Waals surface area contributed by atoms with Crippen molar-refractivity contribution in [3.05, 3.63) is 28.8 Å². The smallest absolute Gasteiger partial charge is 0.222 e. The number of fused-ring (bicyclic) bond motifs is 3. The van der Waals surface area contributed by atoms with Gasteiger partial charge in [0.25, 0.3) is 0 Å². The summed E-state index contributed by atoms with van der Waals surface area (Å²) in [6.07, 6.45) is 10.4. The molecule has 23 heavy (non-hydrogen) atoms. The number of hydrogen-bond donors (Lipinski definition) is 0. The SMILES string of the molecule is CC1CCC(=O)N1CCCCC[C@@H]1c2sccc2-c2cncn21. The number of imidazole rings is 1. The van der Waals surface area contributed by atoms with Gasteiger partial charge in [-0.05, 0) is 37.6 Å². The van der Waals surface area contributed by atoms with Gasteiger partial charge in [0.2, 0.25) is 5.91 Å². The molecule has 0 aliphatic carbocycles. The fourth-order valence-electron chi connectivity index (χ4n) is 3.97.